The monoisotopic (exact) mass is 378 g/mol. The summed E-state index contributed by atoms with van der Waals surface area (Å²) in [7, 11) is 3.40. The standard InChI is InChI=1S/C19H30N4O4/c1-5-26-19(24)23-12-10-22(11-13-23)18(20-3)21-14-15(2)27-17-8-6-16(25-4)7-9-17/h6-9,15H,5,10-14H2,1-4H3,(H,20,21). The Balaban J connectivity index is 1.77. The maximum Gasteiger partial charge on any atom is 0.409 e. The van der Waals surface area contributed by atoms with Gasteiger partial charge in [-0.05, 0) is 38.1 Å². The van der Waals surface area contributed by atoms with E-state index in [-0.39, 0.29) is 12.2 Å². The Morgan fingerprint density at radius 2 is 1.74 bits per heavy atom. The van der Waals surface area contributed by atoms with Crippen molar-refractivity contribution >= 4 is 12.1 Å². The number of guanidine groups is 1. The van der Waals surface area contributed by atoms with E-state index < -0.39 is 0 Å². The van der Waals surface area contributed by atoms with Crippen LogP contribution in [-0.4, -0.2) is 81.4 Å². The third kappa shape index (κ3) is 6.23. The van der Waals surface area contributed by atoms with Gasteiger partial charge >= 0.3 is 6.09 Å². The van der Waals surface area contributed by atoms with Gasteiger partial charge in [0.15, 0.2) is 5.96 Å². The fraction of sp³-hybridized carbons (Fsp3) is 0.579. The van der Waals surface area contributed by atoms with Gasteiger partial charge in [-0.3, -0.25) is 4.99 Å². The second-order valence-corrected chi connectivity index (χ2v) is 6.21. The minimum atomic E-state index is -0.249. The van der Waals surface area contributed by atoms with Crippen LogP contribution in [0.3, 0.4) is 0 Å². The van der Waals surface area contributed by atoms with Gasteiger partial charge in [0.1, 0.15) is 17.6 Å². The lowest BCUT2D eigenvalue weighted by molar-refractivity contribution is 0.0913. The molecule has 1 aromatic rings. The maximum atomic E-state index is 11.8. The van der Waals surface area contributed by atoms with E-state index in [4.69, 9.17) is 14.2 Å². The summed E-state index contributed by atoms with van der Waals surface area (Å²) < 4.78 is 16.1. The molecule has 1 unspecified atom stereocenters. The highest BCUT2D eigenvalue weighted by Crippen LogP contribution is 2.18. The van der Waals surface area contributed by atoms with Crippen LogP contribution in [0, 0.1) is 0 Å². The van der Waals surface area contributed by atoms with Crippen molar-refractivity contribution < 1.29 is 19.0 Å². The molecule has 2 rings (SSSR count). The Morgan fingerprint density at radius 3 is 2.30 bits per heavy atom. The number of benzene rings is 1. The molecule has 0 bridgehead atoms. The van der Waals surface area contributed by atoms with Crippen molar-refractivity contribution in [3.8, 4) is 11.5 Å². The number of rotatable bonds is 6. The highest BCUT2D eigenvalue weighted by molar-refractivity contribution is 5.80. The number of nitrogens with one attached hydrogen (secondary N) is 1. The first-order chi connectivity index (χ1) is 13.1. The Kier molecular flexibility index (Phi) is 8.03. The zero-order chi connectivity index (χ0) is 19.6. The fourth-order valence-electron chi connectivity index (χ4n) is 2.81. The van der Waals surface area contributed by atoms with E-state index in [0.717, 1.165) is 17.5 Å². The van der Waals surface area contributed by atoms with Crippen molar-refractivity contribution in [1.29, 1.82) is 0 Å². The smallest absolute Gasteiger partial charge is 0.409 e. The van der Waals surface area contributed by atoms with Crippen LogP contribution in [0.1, 0.15) is 13.8 Å². The molecule has 1 amide bonds. The molecule has 1 heterocycles. The summed E-state index contributed by atoms with van der Waals surface area (Å²) in [6.07, 6.45) is -0.280. The van der Waals surface area contributed by atoms with E-state index in [1.807, 2.05) is 38.1 Å². The molecule has 0 saturated carbocycles. The van der Waals surface area contributed by atoms with Gasteiger partial charge in [-0.15, -0.1) is 0 Å². The number of carbonyl (C=O) groups excluding carboxylic acids is 1. The Morgan fingerprint density at radius 1 is 1.15 bits per heavy atom. The number of carbonyl (C=O) groups is 1. The maximum absolute atomic E-state index is 11.8. The van der Waals surface area contributed by atoms with Crippen LogP contribution < -0.4 is 14.8 Å². The Bertz CT molecular complexity index is 613. The average Bonchev–Trinajstić information content (AvgIpc) is 2.69. The Hall–Kier alpha value is -2.64. The normalized spacial score (nSPS) is 15.9. The minimum absolute atomic E-state index is 0.0315. The van der Waals surface area contributed by atoms with Crippen LogP contribution in [0.25, 0.3) is 0 Å². The zero-order valence-corrected chi connectivity index (χ0v) is 16.6. The summed E-state index contributed by atoms with van der Waals surface area (Å²) in [6, 6.07) is 7.52. The predicted octanol–water partition coefficient (Wildman–Crippen LogP) is 1.81. The molecule has 1 aliphatic rings. The van der Waals surface area contributed by atoms with Crippen molar-refractivity contribution in [1.82, 2.24) is 15.1 Å². The van der Waals surface area contributed by atoms with Gasteiger partial charge in [0.05, 0.1) is 20.3 Å². The van der Waals surface area contributed by atoms with Gasteiger partial charge in [0, 0.05) is 33.2 Å². The van der Waals surface area contributed by atoms with Crippen molar-refractivity contribution in [2.45, 2.75) is 20.0 Å². The topological polar surface area (TPSA) is 75.6 Å². The Labute approximate surface area is 161 Å². The molecule has 150 valence electrons. The second-order valence-electron chi connectivity index (χ2n) is 6.21. The van der Waals surface area contributed by atoms with E-state index in [9.17, 15) is 4.79 Å². The number of ether oxygens (including phenoxy) is 3. The van der Waals surface area contributed by atoms with Gasteiger partial charge < -0.3 is 29.3 Å². The molecular formula is C19H30N4O4. The lowest BCUT2D eigenvalue weighted by Gasteiger charge is -2.36. The highest BCUT2D eigenvalue weighted by Gasteiger charge is 2.23. The van der Waals surface area contributed by atoms with Crippen LogP contribution in [0.15, 0.2) is 29.3 Å². The minimum Gasteiger partial charge on any atom is -0.497 e. The van der Waals surface area contributed by atoms with Crippen LogP contribution in [-0.2, 0) is 4.74 Å². The van der Waals surface area contributed by atoms with Crippen molar-refractivity contribution in [2.24, 2.45) is 4.99 Å². The molecule has 1 aromatic carbocycles. The van der Waals surface area contributed by atoms with Gasteiger partial charge in [-0.2, -0.15) is 0 Å². The molecule has 0 spiro atoms. The number of amides is 1. The third-order valence-electron chi connectivity index (χ3n) is 4.26. The van der Waals surface area contributed by atoms with E-state index in [0.29, 0.717) is 39.3 Å². The number of hydrogen-bond acceptors (Lipinski definition) is 5. The average molecular weight is 378 g/mol. The van der Waals surface area contributed by atoms with Crippen LogP contribution in [0.5, 0.6) is 11.5 Å². The summed E-state index contributed by atoms with van der Waals surface area (Å²) in [6.45, 7) is 7.51. The van der Waals surface area contributed by atoms with E-state index in [2.05, 4.69) is 15.2 Å². The summed E-state index contributed by atoms with van der Waals surface area (Å²) in [5.41, 5.74) is 0. The molecular weight excluding hydrogens is 348 g/mol. The first-order valence-electron chi connectivity index (χ1n) is 9.25. The molecule has 8 nitrogen and oxygen atoms in total. The lowest BCUT2D eigenvalue weighted by atomic mass is 10.3. The summed E-state index contributed by atoms with van der Waals surface area (Å²) in [5.74, 6) is 2.40. The van der Waals surface area contributed by atoms with E-state index >= 15 is 0 Å². The molecule has 1 N–H and O–H groups in total. The molecule has 1 atom stereocenters. The zero-order valence-electron chi connectivity index (χ0n) is 16.6. The lowest BCUT2D eigenvalue weighted by Crippen LogP contribution is -2.54. The van der Waals surface area contributed by atoms with E-state index in [1.54, 1.807) is 19.1 Å². The molecule has 0 aliphatic carbocycles. The van der Waals surface area contributed by atoms with Gasteiger partial charge in [0.25, 0.3) is 0 Å². The van der Waals surface area contributed by atoms with Crippen molar-refractivity contribution in [3.63, 3.8) is 0 Å². The van der Waals surface area contributed by atoms with Crippen molar-refractivity contribution in [2.75, 3.05) is 53.5 Å². The van der Waals surface area contributed by atoms with Crippen molar-refractivity contribution in [3.05, 3.63) is 24.3 Å². The van der Waals surface area contributed by atoms with E-state index in [1.165, 1.54) is 0 Å². The summed E-state index contributed by atoms with van der Waals surface area (Å²) in [5, 5.41) is 3.34. The molecule has 8 heteroatoms. The van der Waals surface area contributed by atoms with Crippen LogP contribution in [0.4, 0.5) is 4.79 Å². The quantitative estimate of drug-likeness (QED) is 0.601. The number of methoxy groups -OCH3 is 1. The largest absolute Gasteiger partial charge is 0.497 e. The molecule has 0 radical (unpaired) electrons. The first kappa shape index (κ1) is 20.7. The first-order valence-corrected chi connectivity index (χ1v) is 9.25. The SMILES string of the molecule is CCOC(=O)N1CCN(C(=NC)NCC(C)Oc2ccc(OC)cc2)CC1. The number of hydrogen-bond donors (Lipinski definition) is 1. The molecule has 27 heavy (non-hydrogen) atoms. The molecule has 1 fully saturated rings. The highest BCUT2D eigenvalue weighted by atomic mass is 16.6. The summed E-state index contributed by atoms with van der Waals surface area (Å²) >= 11 is 0. The summed E-state index contributed by atoms with van der Waals surface area (Å²) in [4.78, 5) is 20.0. The van der Waals surface area contributed by atoms with Gasteiger partial charge in [0.2, 0.25) is 0 Å². The third-order valence-corrected chi connectivity index (χ3v) is 4.26. The number of piperazine rings is 1. The molecule has 0 aromatic heterocycles. The van der Waals surface area contributed by atoms with Crippen LogP contribution >= 0.6 is 0 Å². The second kappa shape index (κ2) is 10.5. The molecule has 1 aliphatic heterocycles. The predicted molar refractivity (Wildman–Crippen MR) is 105 cm³/mol. The fourth-order valence-corrected chi connectivity index (χ4v) is 2.81. The van der Waals surface area contributed by atoms with Gasteiger partial charge in [-0.25, -0.2) is 4.79 Å². The number of nitrogens with zero attached hydrogens (tertiary/aromatic N) is 3. The molecule has 1 saturated heterocycles. The van der Waals surface area contributed by atoms with Gasteiger partial charge in [-0.1, -0.05) is 0 Å². The van der Waals surface area contributed by atoms with Crippen LogP contribution in [0.2, 0.25) is 0 Å². The number of aliphatic imine (C=N–C) groups is 1.